The molecule has 1 rings (SSSR count). The van der Waals surface area contributed by atoms with E-state index >= 15 is 0 Å². The van der Waals surface area contributed by atoms with Crippen LogP contribution in [0.3, 0.4) is 0 Å². The SMILES string of the molecule is CCC(C)N(CC)CCOc1cccc(C)c1. The van der Waals surface area contributed by atoms with Crippen molar-refractivity contribution in [1.29, 1.82) is 0 Å². The van der Waals surface area contributed by atoms with E-state index in [1.54, 1.807) is 0 Å². The zero-order chi connectivity index (χ0) is 12.7. The van der Waals surface area contributed by atoms with Gasteiger partial charge in [-0.15, -0.1) is 0 Å². The second-order valence-corrected chi connectivity index (χ2v) is 4.55. The number of aryl methyl sites for hydroxylation is 1. The molecule has 0 bridgehead atoms. The molecule has 0 fully saturated rings. The largest absolute Gasteiger partial charge is 0.492 e. The number of hydrogen-bond acceptors (Lipinski definition) is 2. The molecule has 0 spiro atoms. The molecule has 96 valence electrons. The van der Waals surface area contributed by atoms with E-state index in [9.17, 15) is 0 Å². The van der Waals surface area contributed by atoms with Gasteiger partial charge in [0, 0.05) is 12.6 Å². The Labute approximate surface area is 106 Å². The first-order valence-corrected chi connectivity index (χ1v) is 6.60. The molecule has 0 aromatic heterocycles. The summed E-state index contributed by atoms with van der Waals surface area (Å²) in [5.41, 5.74) is 1.25. The van der Waals surface area contributed by atoms with Crippen LogP contribution in [-0.4, -0.2) is 30.6 Å². The van der Waals surface area contributed by atoms with E-state index in [4.69, 9.17) is 4.74 Å². The fraction of sp³-hybridized carbons (Fsp3) is 0.600. The fourth-order valence-corrected chi connectivity index (χ4v) is 1.93. The average Bonchev–Trinajstić information content (AvgIpc) is 2.34. The first-order chi connectivity index (χ1) is 8.17. The zero-order valence-corrected chi connectivity index (χ0v) is 11.6. The highest BCUT2D eigenvalue weighted by Crippen LogP contribution is 2.12. The van der Waals surface area contributed by atoms with Gasteiger partial charge in [0.15, 0.2) is 0 Å². The van der Waals surface area contributed by atoms with Crippen molar-refractivity contribution < 1.29 is 4.74 Å². The minimum Gasteiger partial charge on any atom is -0.492 e. The Kier molecular flexibility index (Phi) is 6.06. The highest BCUT2D eigenvalue weighted by atomic mass is 16.5. The Bertz CT molecular complexity index is 324. The lowest BCUT2D eigenvalue weighted by Gasteiger charge is -2.26. The maximum absolute atomic E-state index is 5.77. The van der Waals surface area contributed by atoms with E-state index in [0.29, 0.717) is 6.04 Å². The third-order valence-corrected chi connectivity index (χ3v) is 3.26. The third-order valence-electron chi connectivity index (χ3n) is 3.26. The summed E-state index contributed by atoms with van der Waals surface area (Å²) >= 11 is 0. The van der Waals surface area contributed by atoms with Gasteiger partial charge >= 0.3 is 0 Å². The molecule has 17 heavy (non-hydrogen) atoms. The van der Waals surface area contributed by atoms with Crippen molar-refractivity contribution in [3.8, 4) is 5.75 Å². The van der Waals surface area contributed by atoms with Crippen molar-refractivity contribution in [3.63, 3.8) is 0 Å². The van der Waals surface area contributed by atoms with Crippen molar-refractivity contribution in [2.75, 3.05) is 19.7 Å². The molecule has 0 N–H and O–H groups in total. The Morgan fingerprint density at radius 2 is 2.06 bits per heavy atom. The van der Waals surface area contributed by atoms with Crippen molar-refractivity contribution in [3.05, 3.63) is 29.8 Å². The number of benzene rings is 1. The quantitative estimate of drug-likeness (QED) is 0.717. The number of nitrogens with zero attached hydrogens (tertiary/aromatic N) is 1. The second kappa shape index (κ2) is 7.33. The van der Waals surface area contributed by atoms with Crippen LogP contribution in [0.25, 0.3) is 0 Å². The molecule has 0 radical (unpaired) electrons. The molecule has 1 atom stereocenters. The molecule has 0 aliphatic heterocycles. The summed E-state index contributed by atoms with van der Waals surface area (Å²) in [5, 5.41) is 0. The summed E-state index contributed by atoms with van der Waals surface area (Å²) in [4.78, 5) is 2.45. The van der Waals surface area contributed by atoms with Crippen LogP contribution < -0.4 is 4.74 Å². The smallest absolute Gasteiger partial charge is 0.119 e. The van der Waals surface area contributed by atoms with Crippen LogP contribution in [0.15, 0.2) is 24.3 Å². The van der Waals surface area contributed by atoms with Crippen LogP contribution in [0.5, 0.6) is 5.75 Å². The molecular weight excluding hydrogens is 210 g/mol. The lowest BCUT2D eigenvalue weighted by atomic mass is 10.2. The maximum Gasteiger partial charge on any atom is 0.119 e. The summed E-state index contributed by atoms with van der Waals surface area (Å²) in [6.07, 6.45) is 1.19. The Balaban J connectivity index is 2.36. The number of rotatable bonds is 7. The van der Waals surface area contributed by atoms with Gasteiger partial charge in [-0.05, 0) is 44.5 Å². The molecule has 1 aromatic rings. The van der Waals surface area contributed by atoms with Gasteiger partial charge < -0.3 is 4.74 Å². The Morgan fingerprint density at radius 3 is 2.65 bits per heavy atom. The molecule has 0 amide bonds. The van der Waals surface area contributed by atoms with Crippen LogP contribution >= 0.6 is 0 Å². The van der Waals surface area contributed by atoms with E-state index in [0.717, 1.165) is 25.4 Å². The average molecular weight is 235 g/mol. The molecule has 0 saturated carbocycles. The van der Waals surface area contributed by atoms with Crippen LogP contribution in [-0.2, 0) is 0 Å². The number of ether oxygens (including phenoxy) is 1. The third kappa shape index (κ3) is 4.78. The molecule has 2 nitrogen and oxygen atoms in total. The van der Waals surface area contributed by atoms with Gasteiger partial charge in [-0.2, -0.15) is 0 Å². The first kappa shape index (κ1) is 14.0. The van der Waals surface area contributed by atoms with Crippen LogP contribution in [0.2, 0.25) is 0 Å². The zero-order valence-electron chi connectivity index (χ0n) is 11.6. The summed E-state index contributed by atoms with van der Waals surface area (Å²) < 4.78 is 5.77. The van der Waals surface area contributed by atoms with Crippen molar-refractivity contribution in [2.45, 2.75) is 40.2 Å². The van der Waals surface area contributed by atoms with E-state index < -0.39 is 0 Å². The van der Waals surface area contributed by atoms with Crippen molar-refractivity contribution >= 4 is 0 Å². The minimum atomic E-state index is 0.640. The van der Waals surface area contributed by atoms with E-state index in [-0.39, 0.29) is 0 Å². The highest BCUT2D eigenvalue weighted by molar-refractivity contribution is 5.27. The van der Waals surface area contributed by atoms with Gasteiger partial charge in [0.25, 0.3) is 0 Å². The second-order valence-electron chi connectivity index (χ2n) is 4.55. The van der Waals surface area contributed by atoms with Crippen LogP contribution in [0.4, 0.5) is 0 Å². The molecule has 2 heteroatoms. The van der Waals surface area contributed by atoms with Gasteiger partial charge in [0.05, 0.1) is 0 Å². The summed E-state index contributed by atoms with van der Waals surface area (Å²) in [6, 6.07) is 8.87. The molecule has 1 unspecified atom stereocenters. The monoisotopic (exact) mass is 235 g/mol. The van der Waals surface area contributed by atoms with Crippen LogP contribution in [0.1, 0.15) is 32.8 Å². The topological polar surface area (TPSA) is 12.5 Å². The predicted molar refractivity (Wildman–Crippen MR) is 73.7 cm³/mol. The standard InChI is InChI=1S/C15H25NO/c1-5-14(4)16(6-2)10-11-17-15-9-7-8-13(3)12-15/h7-9,12,14H,5-6,10-11H2,1-4H3. The lowest BCUT2D eigenvalue weighted by Crippen LogP contribution is -2.35. The predicted octanol–water partition coefficient (Wildman–Crippen LogP) is 3.49. The number of hydrogen-bond donors (Lipinski definition) is 0. The van der Waals surface area contributed by atoms with Gasteiger partial charge in [0.2, 0.25) is 0 Å². The van der Waals surface area contributed by atoms with Crippen molar-refractivity contribution in [2.24, 2.45) is 0 Å². The van der Waals surface area contributed by atoms with E-state index in [1.165, 1.54) is 12.0 Å². The summed E-state index contributed by atoms with van der Waals surface area (Å²) in [6.45, 7) is 11.7. The van der Waals surface area contributed by atoms with Gasteiger partial charge in [-0.3, -0.25) is 4.90 Å². The van der Waals surface area contributed by atoms with E-state index in [1.807, 2.05) is 12.1 Å². The maximum atomic E-state index is 5.77. The first-order valence-electron chi connectivity index (χ1n) is 6.60. The summed E-state index contributed by atoms with van der Waals surface area (Å²) in [7, 11) is 0. The highest BCUT2D eigenvalue weighted by Gasteiger charge is 2.09. The molecule has 1 aromatic carbocycles. The van der Waals surface area contributed by atoms with Gasteiger partial charge in [-0.25, -0.2) is 0 Å². The summed E-state index contributed by atoms with van der Waals surface area (Å²) in [5.74, 6) is 0.977. The van der Waals surface area contributed by atoms with Crippen molar-refractivity contribution in [1.82, 2.24) is 4.90 Å². The molecule has 0 aliphatic rings. The van der Waals surface area contributed by atoms with Gasteiger partial charge in [-0.1, -0.05) is 26.0 Å². The molecular formula is C15H25NO. The minimum absolute atomic E-state index is 0.640. The van der Waals surface area contributed by atoms with E-state index in [2.05, 4.69) is 44.7 Å². The normalized spacial score (nSPS) is 12.8. The van der Waals surface area contributed by atoms with Crippen LogP contribution in [0, 0.1) is 6.92 Å². The van der Waals surface area contributed by atoms with Gasteiger partial charge in [0.1, 0.15) is 12.4 Å². The molecule has 0 heterocycles. The lowest BCUT2D eigenvalue weighted by molar-refractivity contribution is 0.171. The number of likely N-dealkylation sites (N-methyl/N-ethyl adjacent to an activating group) is 1. The Hall–Kier alpha value is -1.02. The Morgan fingerprint density at radius 1 is 1.29 bits per heavy atom. The molecule has 0 aliphatic carbocycles. The fourth-order valence-electron chi connectivity index (χ4n) is 1.93. The molecule has 0 saturated heterocycles.